The number of allylic oxidation sites excluding steroid dienone is 1. The number of nitrogens with one attached hydrogen (secondary N) is 1. The van der Waals surface area contributed by atoms with Gasteiger partial charge in [-0.15, -0.1) is 0 Å². The first-order chi connectivity index (χ1) is 12.0. The number of nitrogens with zero attached hydrogens (tertiary/aromatic N) is 3. The van der Waals surface area contributed by atoms with Crippen molar-refractivity contribution in [2.45, 2.75) is 18.9 Å². The van der Waals surface area contributed by atoms with E-state index in [2.05, 4.69) is 20.1 Å². The van der Waals surface area contributed by atoms with Crippen LogP contribution in [0.3, 0.4) is 0 Å². The van der Waals surface area contributed by atoms with Crippen LogP contribution in [0.25, 0.3) is 0 Å². The summed E-state index contributed by atoms with van der Waals surface area (Å²) >= 11 is 0. The van der Waals surface area contributed by atoms with Crippen molar-refractivity contribution in [2.24, 2.45) is 4.99 Å². The molecule has 0 saturated heterocycles. The summed E-state index contributed by atoms with van der Waals surface area (Å²) in [7, 11) is 1.42. The highest BCUT2D eigenvalue weighted by atomic mass is 19.3. The molecule has 2 aromatic rings. The van der Waals surface area contributed by atoms with E-state index in [4.69, 9.17) is 4.74 Å². The molecule has 0 radical (unpaired) electrons. The molecule has 0 aliphatic carbocycles. The molecule has 2 heterocycles. The van der Waals surface area contributed by atoms with Crippen molar-refractivity contribution >= 4 is 6.34 Å². The maximum Gasteiger partial charge on any atom is 0.387 e. The molecule has 1 aromatic heterocycles. The van der Waals surface area contributed by atoms with E-state index in [1.165, 1.54) is 19.5 Å². The van der Waals surface area contributed by atoms with E-state index < -0.39 is 23.9 Å². The number of alkyl halides is 2. The third kappa shape index (κ3) is 3.66. The van der Waals surface area contributed by atoms with Gasteiger partial charge in [-0.25, -0.2) is 9.38 Å². The van der Waals surface area contributed by atoms with Crippen molar-refractivity contribution in [2.75, 3.05) is 7.11 Å². The summed E-state index contributed by atoms with van der Waals surface area (Å²) in [5, 5.41) is 7.09. The molecule has 1 atom stereocenters. The lowest BCUT2D eigenvalue weighted by Gasteiger charge is -2.30. The van der Waals surface area contributed by atoms with Crippen LogP contribution in [-0.4, -0.2) is 29.8 Å². The molecule has 1 aromatic carbocycles. The van der Waals surface area contributed by atoms with E-state index in [1.807, 2.05) is 0 Å². The number of halogens is 3. The summed E-state index contributed by atoms with van der Waals surface area (Å²) in [6, 6.07) is 5.37. The Hall–Kier alpha value is -2.81. The summed E-state index contributed by atoms with van der Waals surface area (Å²) in [4.78, 5) is 4.25. The Morgan fingerprint density at radius 2 is 2.20 bits per heavy atom. The average molecular weight is 352 g/mol. The van der Waals surface area contributed by atoms with Crippen LogP contribution < -0.4 is 10.1 Å². The Bertz CT molecular complexity index is 793. The Balaban J connectivity index is 1.95. The Kier molecular flexibility index (Phi) is 4.75. The predicted molar refractivity (Wildman–Crippen MR) is 83.7 cm³/mol. The number of hydrogen-bond donors (Lipinski definition) is 1. The van der Waals surface area contributed by atoms with Gasteiger partial charge in [-0.1, -0.05) is 6.07 Å². The molecule has 0 saturated carbocycles. The molecule has 132 valence electrons. The van der Waals surface area contributed by atoms with Crippen LogP contribution in [0.1, 0.15) is 5.56 Å². The van der Waals surface area contributed by atoms with E-state index in [-0.39, 0.29) is 0 Å². The molecule has 0 fully saturated rings. The largest absolute Gasteiger partial charge is 0.432 e. The van der Waals surface area contributed by atoms with E-state index in [0.717, 1.165) is 17.8 Å². The first-order valence-corrected chi connectivity index (χ1v) is 7.32. The second-order valence-corrected chi connectivity index (χ2v) is 5.20. The Morgan fingerprint density at radius 3 is 2.88 bits per heavy atom. The highest BCUT2D eigenvalue weighted by Gasteiger charge is 2.32. The van der Waals surface area contributed by atoms with Gasteiger partial charge >= 0.3 is 6.61 Å². The molecule has 1 aliphatic rings. The monoisotopic (exact) mass is 352 g/mol. The lowest BCUT2D eigenvalue weighted by atomic mass is 10.00. The number of aliphatic imine (C=N–C) groups is 1. The standard InChI is InChI=1S/C16H15F3N4O2/c1-24-16(11-3-4-13(17)14(7-11)25-15(18)19)8-12(20-10-21-16)9-23-6-2-5-22-23/h2-8,10,15H,9H2,1H3,(H,20,21). The second-order valence-electron chi connectivity index (χ2n) is 5.20. The summed E-state index contributed by atoms with van der Waals surface area (Å²) in [6.45, 7) is -2.71. The van der Waals surface area contributed by atoms with Crippen LogP contribution in [-0.2, 0) is 17.0 Å². The van der Waals surface area contributed by atoms with Crippen molar-refractivity contribution in [3.63, 3.8) is 0 Å². The fourth-order valence-corrected chi connectivity index (χ4v) is 2.49. The molecule has 0 bridgehead atoms. The van der Waals surface area contributed by atoms with Gasteiger partial charge in [0.15, 0.2) is 11.6 Å². The molecule has 1 aliphatic heterocycles. The zero-order chi connectivity index (χ0) is 17.9. The first-order valence-electron chi connectivity index (χ1n) is 7.32. The smallest absolute Gasteiger partial charge is 0.387 e. The van der Waals surface area contributed by atoms with Crippen LogP contribution in [0.4, 0.5) is 13.2 Å². The van der Waals surface area contributed by atoms with E-state index in [1.54, 1.807) is 29.2 Å². The van der Waals surface area contributed by atoms with Crippen molar-refractivity contribution < 1.29 is 22.6 Å². The lowest BCUT2D eigenvalue weighted by Crippen LogP contribution is -2.33. The normalized spacial score (nSPS) is 19.6. The van der Waals surface area contributed by atoms with Crippen LogP contribution in [0.5, 0.6) is 5.75 Å². The fraction of sp³-hybridized carbons (Fsp3) is 0.250. The molecule has 0 spiro atoms. The number of rotatable bonds is 6. The predicted octanol–water partition coefficient (Wildman–Crippen LogP) is 2.64. The molecular formula is C16H15F3N4O2. The number of hydrogen-bond acceptors (Lipinski definition) is 5. The topological polar surface area (TPSA) is 60.7 Å². The van der Waals surface area contributed by atoms with Crippen LogP contribution in [0.2, 0.25) is 0 Å². The molecule has 9 heteroatoms. The lowest BCUT2D eigenvalue weighted by molar-refractivity contribution is -0.0525. The van der Waals surface area contributed by atoms with E-state index >= 15 is 0 Å². The Labute approximate surface area is 141 Å². The van der Waals surface area contributed by atoms with Crippen molar-refractivity contribution in [3.05, 3.63) is 59.8 Å². The fourth-order valence-electron chi connectivity index (χ4n) is 2.49. The maximum atomic E-state index is 13.7. The van der Waals surface area contributed by atoms with Gasteiger partial charge in [0.1, 0.15) is 0 Å². The van der Waals surface area contributed by atoms with Crippen LogP contribution >= 0.6 is 0 Å². The Morgan fingerprint density at radius 1 is 1.36 bits per heavy atom. The zero-order valence-electron chi connectivity index (χ0n) is 13.2. The van der Waals surface area contributed by atoms with Crippen molar-refractivity contribution in [1.82, 2.24) is 15.1 Å². The quantitative estimate of drug-likeness (QED) is 0.868. The molecule has 25 heavy (non-hydrogen) atoms. The number of methoxy groups -OCH3 is 1. The molecule has 0 amide bonds. The van der Waals surface area contributed by atoms with Gasteiger partial charge in [-0.05, 0) is 24.3 Å². The number of ether oxygens (including phenoxy) is 2. The summed E-state index contributed by atoms with van der Waals surface area (Å²) in [5.41, 5.74) is -0.217. The van der Waals surface area contributed by atoms with Gasteiger partial charge in [0.05, 0.1) is 12.9 Å². The van der Waals surface area contributed by atoms with Gasteiger partial charge in [0.25, 0.3) is 0 Å². The van der Waals surface area contributed by atoms with E-state index in [9.17, 15) is 13.2 Å². The number of benzene rings is 1. The highest BCUT2D eigenvalue weighted by molar-refractivity contribution is 5.61. The molecule has 3 rings (SSSR count). The van der Waals surface area contributed by atoms with Gasteiger partial charge in [-0.2, -0.15) is 13.9 Å². The number of aromatic nitrogens is 2. The molecule has 6 nitrogen and oxygen atoms in total. The summed E-state index contributed by atoms with van der Waals surface area (Å²) < 4.78 is 50.0. The minimum absolute atomic E-state index is 0.350. The van der Waals surface area contributed by atoms with Crippen LogP contribution in [0.15, 0.2) is 53.4 Å². The molecule has 1 unspecified atom stereocenters. The van der Waals surface area contributed by atoms with Gasteiger partial charge in [-0.3, -0.25) is 4.68 Å². The second kappa shape index (κ2) is 6.98. The van der Waals surface area contributed by atoms with Gasteiger partial charge in [0, 0.05) is 30.8 Å². The van der Waals surface area contributed by atoms with Crippen molar-refractivity contribution in [3.8, 4) is 5.75 Å². The minimum atomic E-state index is -3.13. The summed E-state index contributed by atoms with van der Waals surface area (Å²) in [6.07, 6.45) is 6.54. The van der Waals surface area contributed by atoms with Crippen LogP contribution in [0, 0.1) is 5.82 Å². The van der Waals surface area contributed by atoms with Gasteiger partial charge < -0.3 is 14.8 Å². The molecular weight excluding hydrogens is 337 g/mol. The highest BCUT2D eigenvalue weighted by Crippen LogP contribution is 2.34. The third-order valence-electron chi connectivity index (χ3n) is 3.64. The third-order valence-corrected chi connectivity index (χ3v) is 3.64. The average Bonchev–Trinajstić information content (AvgIpc) is 3.09. The zero-order valence-corrected chi connectivity index (χ0v) is 13.2. The van der Waals surface area contributed by atoms with Gasteiger partial charge in [0.2, 0.25) is 5.72 Å². The summed E-state index contributed by atoms with van der Waals surface area (Å²) in [5.74, 6) is -1.46. The van der Waals surface area contributed by atoms with Crippen molar-refractivity contribution in [1.29, 1.82) is 0 Å². The minimum Gasteiger partial charge on any atom is -0.432 e. The SMILES string of the molecule is COC1(c2ccc(F)c(OC(F)F)c2)C=C(Cn2cccn2)NC=N1. The maximum absolute atomic E-state index is 13.7. The first kappa shape index (κ1) is 17.0. The van der Waals surface area contributed by atoms with E-state index in [0.29, 0.717) is 12.1 Å². The molecule has 1 N–H and O–H groups in total.